The molecule has 0 saturated heterocycles. The molecule has 0 spiro atoms. The van der Waals surface area contributed by atoms with Crippen molar-refractivity contribution in [2.24, 2.45) is 53.3 Å². The molecule has 406 valence electrons. The molecule has 0 saturated carbocycles. The van der Waals surface area contributed by atoms with Gasteiger partial charge >= 0.3 is 0 Å². The Kier molecular flexibility index (Phi) is 15.9. The summed E-state index contributed by atoms with van der Waals surface area (Å²) in [5.41, 5.74) is 2.34. The van der Waals surface area contributed by atoms with Crippen LogP contribution in [-0.4, -0.2) is 73.4 Å². The van der Waals surface area contributed by atoms with E-state index < -0.39 is 0 Å². The number of aliphatic imine (C=N–C) groups is 2. The molecular weight excluding hydrogens is 917 g/mol. The number of ether oxygens (including phenoxy) is 8. The number of nitrogens with zero attached hydrogens (tertiary/aromatic N) is 4. The Morgan fingerprint density at radius 2 is 0.562 bits per heavy atom. The molecule has 12 heteroatoms. The molecule has 0 aromatic carbocycles. The van der Waals surface area contributed by atoms with E-state index in [0.717, 1.165) is 22.1 Å². The summed E-state index contributed by atoms with van der Waals surface area (Å²) in [7, 11) is 0. The smallest absolute Gasteiger partial charge is 0.189 e. The van der Waals surface area contributed by atoms with Crippen molar-refractivity contribution in [3.63, 3.8) is 0 Å². The van der Waals surface area contributed by atoms with Crippen LogP contribution in [0.15, 0.2) is 44.4 Å². The molecule has 0 amide bonds. The van der Waals surface area contributed by atoms with E-state index in [2.05, 4.69) is 200 Å². The maximum Gasteiger partial charge on any atom is 0.189 e. The fourth-order valence-corrected chi connectivity index (χ4v) is 7.50. The lowest BCUT2D eigenvalue weighted by Crippen LogP contribution is -2.33. The summed E-state index contributed by atoms with van der Waals surface area (Å²) in [5.74, 6) is 4.55. The van der Waals surface area contributed by atoms with E-state index in [0.29, 0.717) is 122 Å². The first kappa shape index (κ1) is 57.3. The molecule has 6 rings (SSSR count). The van der Waals surface area contributed by atoms with E-state index in [1.54, 1.807) is 0 Å². The van der Waals surface area contributed by atoms with E-state index >= 15 is 0 Å². The zero-order valence-corrected chi connectivity index (χ0v) is 49.7. The molecule has 0 N–H and O–H groups in total. The normalized spacial score (nSPS) is 16.5. The van der Waals surface area contributed by atoms with Crippen LogP contribution < -0.4 is 29.6 Å². The second-order valence-electron chi connectivity index (χ2n) is 30.3. The van der Waals surface area contributed by atoms with Crippen molar-refractivity contribution in [2.75, 3.05) is 52.9 Å². The van der Waals surface area contributed by atoms with Gasteiger partial charge in [0.2, 0.25) is 0 Å². The Balaban J connectivity index is 1.91. The van der Waals surface area contributed by atoms with Gasteiger partial charge in [-0.25, -0.2) is 9.98 Å². The van der Waals surface area contributed by atoms with Crippen molar-refractivity contribution in [1.82, 2.24) is 9.13 Å². The molecule has 0 fully saturated rings. The van der Waals surface area contributed by atoms with E-state index in [1.165, 1.54) is 0 Å². The van der Waals surface area contributed by atoms with Crippen molar-refractivity contribution >= 4 is 35.7 Å². The quantitative estimate of drug-likeness (QED) is 0.164. The molecule has 0 radical (unpaired) electrons. The maximum absolute atomic E-state index is 7.15. The van der Waals surface area contributed by atoms with Gasteiger partial charge in [-0.2, -0.15) is 0 Å². The van der Waals surface area contributed by atoms with Crippen LogP contribution in [0, 0.1) is 43.3 Å². The zero-order chi connectivity index (χ0) is 54.7. The molecule has 2 aromatic rings. The zero-order valence-electron chi connectivity index (χ0n) is 49.7. The number of rotatable bonds is 16. The highest BCUT2D eigenvalue weighted by Crippen LogP contribution is 2.46. The Labute approximate surface area is 439 Å². The van der Waals surface area contributed by atoms with Crippen molar-refractivity contribution in [1.29, 1.82) is 0 Å². The highest BCUT2D eigenvalue weighted by atomic mass is 16.5. The topological polar surface area (TPSA) is 108 Å². The summed E-state index contributed by atoms with van der Waals surface area (Å²) in [4.78, 5) is 11.0. The van der Waals surface area contributed by atoms with Gasteiger partial charge in [0.05, 0.1) is 74.9 Å². The van der Waals surface area contributed by atoms with Crippen LogP contribution in [-0.2, 0) is 25.6 Å². The summed E-state index contributed by atoms with van der Waals surface area (Å²) in [5, 5.41) is 1.48. The lowest BCUT2D eigenvalue weighted by Gasteiger charge is -2.23. The van der Waals surface area contributed by atoms with Gasteiger partial charge in [-0.15, -0.1) is 0 Å². The molecule has 4 aliphatic rings. The Bertz CT molecular complexity index is 2530. The number of hydrogen-bond donors (Lipinski definition) is 0. The van der Waals surface area contributed by atoms with Gasteiger partial charge in [-0.3, -0.25) is 0 Å². The largest absolute Gasteiger partial charge is 0.487 e. The Morgan fingerprint density at radius 1 is 0.315 bits per heavy atom. The molecule has 6 heterocycles. The molecule has 2 aromatic heterocycles. The Hall–Kier alpha value is -5.00. The average Bonchev–Trinajstić information content (AvgIpc) is 3.86. The van der Waals surface area contributed by atoms with Gasteiger partial charge in [0.1, 0.15) is 29.5 Å². The minimum Gasteiger partial charge on any atom is -0.487 e. The second kappa shape index (κ2) is 20.3. The Morgan fingerprint density at radius 3 is 0.836 bits per heavy atom. The van der Waals surface area contributed by atoms with Crippen molar-refractivity contribution in [3.05, 3.63) is 56.5 Å². The van der Waals surface area contributed by atoms with Crippen LogP contribution in [0.5, 0.6) is 23.0 Å². The molecule has 73 heavy (non-hydrogen) atoms. The predicted molar refractivity (Wildman–Crippen MR) is 299 cm³/mol. The second-order valence-corrected chi connectivity index (χ2v) is 30.3. The highest BCUT2D eigenvalue weighted by Gasteiger charge is 2.38. The van der Waals surface area contributed by atoms with E-state index in [4.69, 9.17) is 47.9 Å². The van der Waals surface area contributed by atoms with E-state index in [9.17, 15) is 0 Å². The molecular formula is C61H94N4O8. The standard InChI is InChI=1S/C61H94N4O8/c1-54(2,3)29-66-46-38-25-42-50(70-33-58(13,14)15)52(72-35-60(19,20)21)44-27-40-48(68-31-56(7,8)9)49(69-32-57(10,11)12)41(63-40)28-45-53(73-36-61(22,23)24)51(71-34-59(16,17)18)43(65(45)37-64(42)44)26-39(62-38)47(46)67-30-55(4,5)6/h25-28H,29-37H2,1-24H3. The lowest BCUT2D eigenvalue weighted by atomic mass is 9.98. The third-order valence-electron chi connectivity index (χ3n) is 10.9. The summed E-state index contributed by atoms with van der Waals surface area (Å²) in [6.07, 6.45) is 8.31. The number of fused-ring (bicyclic) bond motifs is 2. The fourth-order valence-electron chi connectivity index (χ4n) is 7.50. The van der Waals surface area contributed by atoms with Crippen LogP contribution in [0.3, 0.4) is 0 Å². The maximum atomic E-state index is 7.15. The first-order valence-electron chi connectivity index (χ1n) is 26.5. The highest BCUT2D eigenvalue weighted by molar-refractivity contribution is 6.23. The molecule has 0 atom stereocenters. The summed E-state index contributed by atoms with van der Waals surface area (Å²) in [6.45, 7) is 55.7. The van der Waals surface area contributed by atoms with Gasteiger partial charge in [-0.05, 0) is 67.6 Å². The van der Waals surface area contributed by atoms with Crippen LogP contribution >= 0.6 is 0 Å². The summed E-state index contributed by atoms with van der Waals surface area (Å²) in [6, 6.07) is 0. The lowest BCUT2D eigenvalue weighted by molar-refractivity contribution is 0.0993. The first-order valence-corrected chi connectivity index (χ1v) is 26.5. The molecule has 12 nitrogen and oxygen atoms in total. The van der Waals surface area contributed by atoms with Gasteiger partial charge in [0, 0.05) is 0 Å². The molecule has 0 aliphatic carbocycles. The number of hydrogen-bond acceptors (Lipinski definition) is 10. The summed E-state index contributed by atoms with van der Waals surface area (Å²) >= 11 is 0. The van der Waals surface area contributed by atoms with Crippen LogP contribution in [0.1, 0.15) is 178 Å². The fraction of sp³-hybridized carbons (Fsp3) is 0.672. The average molecular weight is 1010 g/mol. The minimum atomic E-state index is -0.210. The predicted octanol–water partition coefficient (Wildman–Crippen LogP) is 13.3. The van der Waals surface area contributed by atoms with Crippen LogP contribution in [0.25, 0.3) is 24.3 Å². The van der Waals surface area contributed by atoms with Gasteiger partial charge in [-0.1, -0.05) is 166 Å². The van der Waals surface area contributed by atoms with Crippen LogP contribution in [0.4, 0.5) is 0 Å². The molecule has 4 aliphatic heterocycles. The first-order chi connectivity index (χ1) is 33.1. The van der Waals surface area contributed by atoms with E-state index in [-0.39, 0.29) is 50.0 Å². The van der Waals surface area contributed by atoms with E-state index in [1.807, 2.05) is 0 Å². The number of aromatic nitrogens is 2. The van der Waals surface area contributed by atoms with Crippen molar-refractivity contribution in [2.45, 2.75) is 173 Å². The summed E-state index contributed by atoms with van der Waals surface area (Å²) < 4.78 is 60.9. The van der Waals surface area contributed by atoms with Crippen LogP contribution in [0.2, 0.25) is 0 Å². The monoisotopic (exact) mass is 1010 g/mol. The van der Waals surface area contributed by atoms with Crippen molar-refractivity contribution in [3.8, 4) is 23.0 Å². The SMILES string of the molecule is CC(C)(C)COC1=C(OCC(C)(C)C)C2=NC1=Cc1c(OCC(C)(C)C)c(OCC(C)(C)C)c3n1Cn1c(c(OCC(C)(C)C)c(OCC(C)(C)C)c1=CC1=NC(=C3)C(OCC(C)(C)C)=C1OCC(C)(C)C)=C2. The third kappa shape index (κ3) is 15.5. The number of allylic oxidation sites excluding steroid dienone is 2. The third-order valence-corrected chi connectivity index (χ3v) is 10.9. The van der Waals surface area contributed by atoms with Crippen molar-refractivity contribution < 1.29 is 37.9 Å². The van der Waals surface area contributed by atoms with Gasteiger partial charge in [0.15, 0.2) is 46.0 Å². The molecule has 6 bridgehead atoms. The molecule has 0 unspecified atom stereocenters. The minimum absolute atomic E-state index is 0.180. The van der Waals surface area contributed by atoms with Gasteiger partial charge < -0.3 is 47.0 Å². The van der Waals surface area contributed by atoms with Gasteiger partial charge in [0.25, 0.3) is 0 Å².